The van der Waals surface area contributed by atoms with Gasteiger partial charge < -0.3 is 5.32 Å². The van der Waals surface area contributed by atoms with Gasteiger partial charge in [-0.15, -0.1) is 0 Å². The summed E-state index contributed by atoms with van der Waals surface area (Å²) in [6.45, 7) is 8.87. The number of aromatic nitrogens is 1. The minimum atomic E-state index is 0.361. The molecule has 70 valence electrons. The van der Waals surface area contributed by atoms with E-state index in [1.807, 2.05) is 31.5 Å². The van der Waals surface area contributed by atoms with E-state index in [1.165, 1.54) is 5.56 Å². The molecule has 1 N–H and O–H groups in total. The fourth-order valence-electron chi connectivity index (χ4n) is 1.10. The second-order valence-corrected chi connectivity index (χ2v) is 3.34. The molecule has 0 saturated heterocycles. The number of hydrogen-bond acceptors (Lipinski definition) is 2. The van der Waals surface area contributed by atoms with E-state index < -0.39 is 0 Å². The highest BCUT2D eigenvalue weighted by molar-refractivity contribution is 5.14. The van der Waals surface area contributed by atoms with Crippen LogP contribution in [0.3, 0.4) is 0 Å². The van der Waals surface area contributed by atoms with Gasteiger partial charge >= 0.3 is 0 Å². The summed E-state index contributed by atoms with van der Waals surface area (Å²) in [5.41, 5.74) is 2.41. The Morgan fingerprint density at radius 3 is 2.69 bits per heavy atom. The highest BCUT2D eigenvalue weighted by atomic mass is 14.9. The highest BCUT2D eigenvalue weighted by Gasteiger charge is 2.02. The largest absolute Gasteiger partial charge is 0.306 e. The Hall–Kier alpha value is -1.15. The lowest BCUT2D eigenvalue weighted by Gasteiger charge is -2.13. The molecule has 1 unspecified atom stereocenters. The SMILES string of the molecule is C=C(C)CNC(C)c1ccncc1. The van der Waals surface area contributed by atoms with Gasteiger partial charge in [-0.2, -0.15) is 0 Å². The first-order valence-corrected chi connectivity index (χ1v) is 4.48. The van der Waals surface area contributed by atoms with Gasteiger partial charge in [-0.25, -0.2) is 0 Å². The molecule has 0 radical (unpaired) electrons. The second-order valence-electron chi connectivity index (χ2n) is 3.34. The number of nitrogens with one attached hydrogen (secondary N) is 1. The topological polar surface area (TPSA) is 24.9 Å². The Balaban J connectivity index is 2.49. The van der Waals surface area contributed by atoms with E-state index in [-0.39, 0.29) is 0 Å². The van der Waals surface area contributed by atoms with Crippen molar-refractivity contribution in [2.45, 2.75) is 19.9 Å². The van der Waals surface area contributed by atoms with Crippen molar-refractivity contribution in [2.75, 3.05) is 6.54 Å². The maximum atomic E-state index is 3.98. The van der Waals surface area contributed by atoms with E-state index in [1.54, 1.807) is 0 Å². The van der Waals surface area contributed by atoms with E-state index in [0.717, 1.165) is 12.1 Å². The third-order valence-corrected chi connectivity index (χ3v) is 1.92. The first-order valence-electron chi connectivity index (χ1n) is 4.48. The van der Waals surface area contributed by atoms with E-state index in [2.05, 4.69) is 23.8 Å². The van der Waals surface area contributed by atoms with Crippen molar-refractivity contribution < 1.29 is 0 Å². The number of hydrogen-bond donors (Lipinski definition) is 1. The Kier molecular flexibility index (Phi) is 3.65. The van der Waals surface area contributed by atoms with Crippen molar-refractivity contribution in [1.82, 2.24) is 10.3 Å². The molecule has 1 aromatic heterocycles. The summed E-state index contributed by atoms with van der Waals surface area (Å²) in [6.07, 6.45) is 3.63. The van der Waals surface area contributed by atoms with Gasteiger partial charge in [0.2, 0.25) is 0 Å². The van der Waals surface area contributed by atoms with Crippen molar-refractivity contribution in [3.63, 3.8) is 0 Å². The molecule has 0 spiro atoms. The molecule has 13 heavy (non-hydrogen) atoms. The summed E-state index contributed by atoms with van der Waals surface area (Å²) < 4.78 is 0. The molecule has 1 atom stereocenters. The summed E-state index contributed by atoms with van der Waals surface area (Å²) in [5.74, 6) is 0. The quantitative estimate of drug-likeness (QED) is 0.712. The van der Waals surface area contributed by atoms with Crippen LogP contribution in [-0.4, -0.2) is 11.5 Å². The molecule has 0 amide bonds. The maximum absolute atomic E-state index is 3.98. The molecule has 1 heterocycles. The van der Waals surface area contributed by atoms with Crippen LogP contribution in [0, 0.1) is 0 Å². The van der Waals surface area contributed by atoms with Crippen LogP contribution >= 0.6 is 0 Å². The zero-order valence-electron chi connectivity index (χ0n) is 8.25. The molecule has 0 saturated carbocycles. The first-order chi connectivity index (χ1) is 6.20. The first kappa shape index (κ1) is 9.93. The Morgan fingerprint density at radius 1 is 1.54 bits per heavy atom. The van der Waals surface area contributed by atoms with Crippen LogP contribution in [0.25, 0.3) is 0 Å². The molecule has 0 fully saturated rings. The monoisotopic (exact) mass is 176 g/mol. The lowest BCUT2D eigenvalue weighted by atomic mass is 10.1. The molecule has 0 aliphatic heterocycles. The lowest BCUT2D eigenvalue weighted by Crippen LogP contribution is -2.20. The summed E-state index contributed by atoms with van der Waals surface area (Å²) in [5, 5.41) is 3.37. The average molecular weight is 176 g/mol. The van der Waals surface area contributed by atoms with Crippen LogP contribution in [-0.2, 0) is 0 Å². The van der Waals surface area contributed by atoms with Crippen LogP contribution < -0.4 is 5.32 Å². The van der Waals surface area contributed by atoms with E-state index in [9.17, 15) is 0 Å². The van der Waals surface area contributed by atoms with Gasteiger partial charge in [-0.05, 0) is 31.5 Å². The summed E-state index contributed by atoms with van der Waals surface area (Å²) in [6, 6.07) is 4.41. The Labute approximate surface area is 79.7 Å². The molecule has 0 bridgehead atoms. The number of pyridine rings is 1. The minimum Gasteiger partial charge on any atom is -0.306 e. The van der Waals surface area contributed by atoms with Gasteiger partial charge in [-0.1, -0.05) is 12.2 Å². The van der Waals surface area contributed by atoms with Crippen LogP contribution in [0.5, 0.6) is 0 Å². The van der Waals surface area contributed by atoms with E-state index in [4.69, 9.17) is 0 Å². The number of rotatable bonds is 4. The lowest BCUT2D eigenvalue weighted by molar-refractivity contribution is 0.607. The summed E-state index contributed by atoms with van der Waals surface area (Å²) >= 11 is 0. The maximum Gasteiger partial charge on any atom is 0.0295 e. The molecule has 1 rings (SSSR count). The molecule has 0 aromatic carbocycles. The van der Waals surface area contributed by atoms with Crippen LogP contribution in [0.4, 0.5) is 0 Å². The Morgan fingerprint density at radius 2 is 2.15 bits per heavy atom. The minimum absolute atomic E-state index is 0.361. The van der Waals surface area contributed by atoms with Crippen molar-refractivity contribution in [2.24, 2.45) is 0 Å². The predicted molar refractivity (Wildman–Crippen MR) is 55.5 cm³/mol. The van der Waals surface area contributed by atoms with Gasteiger partial charge in [0.25, 0.3) is 0 Å². The fourth-order valence-corrected chi connectivity index (χ4v) is 1.10. The fraction of sp³-hybridized carbons (Fsp3) is 0.364. The summed E-state index contributed by atoms with van der Waals surface area (Å²) in [4.78, 5) is 3.98. The van der Waals surface area contributed by atoms with Gasteiger partial charge in [0.05, 0.1) is 0 Å². The number of nitrogens with zero attached hydrogens (tertiary/aromatic N) is 1. The molecule has 0 aliphatic carbocycles. The van der Waals surface area contributed by atoms with Gasteiger partial charge in [-0.3, -0.25) is 4.98 Å². The normalized spacial score (nSPS) is 12.5. The van der Waals surface area contributed by atoms with Crippen molar-refractivity contribution in [3.05, 3.63) is 42.2 Å². The smallest absolute Gasteiger partial charge is 0.0295 e. The standard InChI is InChI=1S/C11H16N2/c1-9(2)8-13-10(3)11-4-6-12-7-5-11/h4-7,10,13H,1,8H2,2-3H3. The zero-order chi connectivity index (χ0) is 9.68. The van der Waals surface area contributed by atoms with Crippen LogP contribution in [0.15, 0.2) is 36.7 Å². The molecule has 1 aromatic rings. The Bertz CT molecular complexity index is 267. The highest BCUT2D eigenvalue weighted by Crippen LogP contribution is 2.09. The molecule has 2 heteroatoms. The average Bonchev–Trinajstić information content (AvgIpc) is 2.15. The molecule has 2 nitrogen and oxygen atoms in total. The summed E-state index contributed by atoms with van der Waals surface area (Å²) in [7, 11) is 0. The van der Waals surface area contributed by atoms with Crippen molar-refractivity contribution >= 4 is 0 Å². The predicted octanol–water partition coefficient (Wildman–Crippen LogP) is 2.31. The van der Waals surface area contributed by atoms with Crippen molar-refractivity contribution in [3.8, 4) is 0 Å². The van der Waals surface area contributed by atoms with Gasteiger partial charge in [0, 0.05) is 25.0 Å². The second kappa shape index (κ2) is 4.77. The third kappa shape index (κ3) is 3.38. The van der Waals surface area contributed by atoms with Crippen LogP contribution in [0.1, 0.15) is 25.5 Å². The molecule has 0 aliphatic rings. The third-order valence-electron chi connectivity index (χ3n) is 1.92. The van der Waals surface area contributed by atoms with E-state index >= 15 is 0 Å². The van der Waals surface area contributed by atoms with Crippen molar-refractivity contribution in [1.29, 1.82) is 0 Å². The van der Waals surface area contributed by atoms with Crippen LogP contribution in [0.2, 0.25) is 0 Å². The van der Waals surface area contributed by atoms with E-state index in [0.29, 0.717) is 6.04 Å². The van der Waals surface area contributed by atoms with Gasteiger partial charge in [0.1, 0.15) is 0 Å². The zero-order valence-corrected chi connectivity index (χ0v) is 8.25. The molecular formula is C11H16N2. The van der Waals surface area contributed by atoms with Gasteiger partial charge in [0.15, 0.2) is 0 Å². The molecular weight excluding hydrogens is 160 g/mol.